The number of nitrogens with two attached hydrogens (primary N) is 3. The average molecular weight is 1650 g/mol. The van der Waals surface area contributed by atoms with Crippen molar-refractivity contribution in [3.05, 3.63) is 65.9 Å². The standard InChI is InChI=1S/C74H105N17O26/c1-5-6-7-8-9-10-11-23-55(95)83-47(28-40-33-78-44-21-15-13-18-41(40)44)69(111)87-48(30-54(77)94)70(112)85-46(24-25-58(98)99)67(109)91-63-39(4)117-74(116)51(29-53(93)42-19-12-14-20-43(42)76)89-73(115)62(37(2)27-59(100)101)90-71(113)52(36-92)84-57(97)34-79-65(107)49(31-60(102)103)86-64(106)38(3)81-68(110)50(32-61(104)105)88-66(108)45(22-16-17-26-75)82-56(96)35-80-72(63)114/h12-15,18-21,33,37-39,45-52,62-63,78,92H,5-11,16-17,22-32,34-36,75-76H2,1-4H3,(H2,77,94)(H,79,107)(H,80,114)(H,81,110)(H,82,96)(H,83,95)(H,84,97)(H,85,112)(H,86,106)(H,87,111)(H,88,108)(H,89,115)(H,90,113)(H,91,109)(H,98,99)(H,100,101)(H,102,103)(H,104,105)/t37?,38-,39-,45+,46+,47+,48+,49+,50+,51+,52-,62+,63+/m1/s1. The smallest absolute Gasteiger partial charge is 0.329 e. The van der Waals surface area contributed by atoms with E-state index in [1.165, 1.54) is 24.3 Å². The molecule has 642 valence electrons. The molecule has 1 fully saturated rings. The molecule has 0 aliphatic carbocycles. The van der Waals surface area contributed by atoms with Crippen molar-refractivity contribution in [2.24, 2.45) is 17.4 Å². The van der Waals surface area contributed by atoms with Crippen LogP contribution in [-0.4, -0.2) is 248 Å². The molecule has 3 aromatic rings. The van der Waals surface area contributed by atoms with Gasteiger partial charge in [0.2, 0.25) is 82.7 Å². The SMILES string of the molecule is CCCCCCCCCC(=O)N[C@@H](Cc1c[nH]c2ccccc12)C(=O)N[C@@H](CC(N)=O)C(=O)N[C@@H](CCC(=O)O)C(=O)N[C@@H]1C(=O)NCC(=O)N[C@@H](CCCCN)C(=O)N[C@@H](CC(=O)O)C(=O)N[C@H](C)C(=O)N[C@@H](CC(=O)O)C(=O)NCC(=O)N[C@H](CO)C(=O)N[C@@H](C(C)CC(=O)O)C(=O)N[C@@H](CC(=O)c2ccccc2N)C(=O)O[C@@H]1C. The minimum Gasteiger partial charge on any atom is -0.481 e. The number of nitrogens with one attached hydrogen (secondary N) is 14. The Hall–Kier alpha value is -12.7. The second-order valence-electron chi connectivity index (χ2n) is 27.9. The highest BCUT2D eigenvalue weighted by atomic mass is 16.5. The molecule has 0 bridgehead atoms. The van der Waals surface area contributed by atoms with Gasteiger partial charge in [0, 0.05) is 54.0 Å². The van der Waals surface area contributed by atoms with Gasteiger partial charge in [-0.3, -0.25) is 91.1 Å². The number of ether oxygens (including phenoxy) is 1. The topological polar surface area (TPSA) is 702 Å². The van der Waals surface area contributed by atoms with E-state index < -0.39 is 261 Å². The number of para-hydroxylation sites is 2. The fourth-order valence-corrected chi connectivity index (χ4v) is 12.1. The second kappa shape index (κ2) is 49.2. The molecule has 1 saturated heterocycles. The van der Waals surface area contributed by atoms with Crippen molar-refractivity contribution < 1.29 is 126 Å². The molecule has 4 rings (SSSR count). The number of benzene rings is 2. The third-order valence-corrected chi connectivity index (χ3v) is 18.4. The second-order valence-corrected chi connectivity index (χ2v) is 27.9. The number of cyclic esters (lactones) is 1. The zero-order chi connectivity index (χ0) is 87.2. The summed E-state index contributed by atoms with van der Waals surface area (Å²) in [6, 6.07) is -10.1. The molecule has 1 aliphatic rings. The number of ketones is 1. The minimum absolute atomic E-state index is 0.00989. The summed E-state index contributed by atoms with van der Waals surface area (Å²) in [5.41, 5.74) is 18.2. The van der Waals surface area contributed by atoms with Crippen molar-refractivity contribution in [2.45, 2.75) is 222 Å². The Labute approximate surface area is 670 Å². The lowest BCUT2D eigenvalue weighted by Gasteiger charge is -2.30. The first-order valence-corrected chi connectivity index (χ1v) is 37.8. The summed E-state index contributed by atoms with van der Waals surface area (Å²) in [4.78, 5) is 277. The van der Waals surface area contributed by atoms with E-state index in [0.717, 1.165) is 52.9 Å². The molecular formula is C74H105N17O26. The molecule has 0 radical (unpaired) electrons. The number of aromatic nitrogens is 1. The van der Waals surface area contributed by atoms with Crippen LogP contribution in [0, 0.1) is 5.92 Å². The summed E-state index contributed by atoms with van der Waals surface area (Å²) in [5.74, 6) is -29.0. The molecule has 13 atom stereocenters. The van der Waals surface area contributed by atoms with Gasteiger partial charge in [-0.05, 0) is 82.2 Å². The predicted molar refractivity (Wildman–Crippen MR) is 409 cm³/mol. The number of aliphatic carboxylic acids is 4. The van der Waals surface area contributed by atoms with Crippen LogP contribution < -0.4 is 86.3 Å². The number of Topliss-reactive ketones (excluding diaryl/α,β-unsaturated/α-hetero) is 1. The number of H-pyrrole nitrogens is 1. The molecule has 2 aromatic carbocycles. The number of aliphatic hydroxyl groups excluding tert-OH is 1. The first-order valence-electron chi connectivity index (χ1n) is 37.8. The van der Waals surface area contributed by atoms with Crippen LogP contribution in [0.2, 0.25) is 0 Å². The van der Waals surface area contributed by atoms with Crippen molar-refractivity contribution in [1.82, 2.24) is 74.1 Å². The van der Waals surface area contributed by atoms with Crippen molar-refractivity contribution in [3.63, 3.8) is 0 Å². The number of hydrogen-bond acceptors (Lipinski definition) is 24. The average Bonchev–Trinajstić information content (AvgIpc) is 0.964. The number of unbranched alkanes of at least 4 members (excludes halogenated alkanes) is 7. The number of carboxylic acids is 4. The van der Waals surface area contributed by atoms with Gasteiger partial charge in [-0.25, -0.2) is 4.79 Å². The van der Waals surface area contributed by atoms with Crippen LogP contribution in [0.4, 0.5) is 5.69 Å². The Morgan fingerprint density at radius 3 is 1.73 bits per heavy atom. The van der Waals surface area contributed by atoms with Gasteiger partial charge in [-0.1, -0.05) is 82.7 Å². The van der Waals surface area contributed by atoms with E-state index in [9.17, 15) is 121 Å². The van der Waals surface area contributed by atoms with Gasteiger partial charge < -0.3 is 122 Å². The molecule has 43 heteroatoms. The van der Waals surface area contributed by atoms with E-state index in [0.29, 0.717) is 29.3 Å². The zero-order valence-corrected chi connectivity index (χ0v) is 65.0. The van der Waals surface area contributed by atoms with Crippen molar-refractivity contribution in [3.8, 4) is 0 Å². The highest BCUT2D eigenvalue weighted by molar-refractivity contribution is 6.05. The Morgan fingerprint density at radius 1 is 0.547 bits per heavy atom. The minimum atomic E-state index is -2.40. The quantitative estimate of drug-likeness (QED) is 0.0111. The number of aromatic amines is 1. The number of hydrogen-bond donors (Lipinski definition) is 22. The lowest BCUT2D eigenvalue weighted by atomic mass is 9.96. The highest BCUT2D eigenvalue weighted by Gasteiger charge is 2.41. The van der Waals surface area contributed by atoms with Crippen LogP contribution in [0.15, 0.2) is 54.7 Å². The molecule has 43 nitrogen and oxygen atoms in total. The van der Waals surface area contributed by atoms with Crippen LogP contribution in [0.1, 0.15) is 159 Å². The van der Waals surface area contributed by atoms with Crippen molar-refractivity contribution in [2.75, 3.05) is 32.0 Å². The first-order chi connectivity index (χ1) is 55.4. The monoisotopic (exact) mass is 1650 g/mol. The fraction of sp³-hybridized carbons (Fsp3) is 0.541. The number of fused-ring (bicyclic) bond motifs is 1. The van der Waals surface area contributed by atoms with E-state index in [2.05, 4.69) is 65.1 Å². The van der Waals surface area contributed by atoms with Crippen LogP contribution in [0.3, 0.4) is 0 Å². The van der Waals surface area contributed by atoms with Gasteiger partial charge in [0.1, 0.15) is 72.6 Å². The lowest BCUT2D eigenvalue weighted by molar-refractivity contribution is -0.156. The summed E-state index contributed by atoms with van der Waals surface area (Å²) in [6.07, 6.45) is -2.26. The maximum atomic E-state index is 14.9. The number of esters is 1. The number of anilines is 1. The van der Waals surface area contributed by atoms with E-state index in [1.807, 2.05) is 16.0 Å². The Balaban J connectivity index is 1.90. The zero-order valence-electron chi connectivity index (χ0n) is 65.0. The summed E-state index contributed by atoms with van der Waals surface area (Å²) < 4.78 is 5.73. The van der Waals surface area contributed by atoms with E-state index in [1.54, 1.807) is 30.5 Å². The molecule has 1 aliphatic heterocycles. The first kappa shape index (κ1) is 96.7. The fourth-order valence-electron chi connectivity index (χ4n) is 12.1. The summed E-state index contributed by atoms with van der Waals surface area (Å²) in [6.45, 7) is 1.39. The van der Waals surface area contributed by atoms with Crippen LogP contribution >= 0.6 is 0 Å². The molecule has 14 amide bonds. The summed E-state index contributed by atoms with van der Waals surface area (Å²) >= 11 is 0. The van der Waals surface area contributed by atoms with Crippen molar-refractivity contribution in [1.29, 1.82) is 0 Å². The van der Waals surface area contributed by atoms with E-state index in [4.69, 9.17) is 21.9 Å². The highest BCUT2D eigenvalue weighted by Crippen LogP contribution is 2.22. The third-order valence-electron chi connectivity index (χ3n) is 18.4. The Bertz CT molecular complexity index is 4080. The number of nitrogen functional groups attached to an aromatic ring is 1. The number of amides is 14. The molecule has 0 spiro atoms. The number of carbonyl (C=O) groups is 20. The normalized spacial score (nSPS) is 21.0. The van der Waals surface area contributed by atoms with E-state index in [-0.39, 0.29) is 49.9 Å². The molecule has 1 aromatic heterocycles. The van der Waals surface area contributed by atoms with Crippen LogP contribution in [-0.2, 0) is 102 Å². The number of aliphatic hydroxyl groups is 1. The number of rotatable bonds is 37. The largest absolute Gasteiger partial charge is 0.481 e. The Morgan fingerprint density at radius 2 is 1.11 bits per heavy atom. The maximum Gasteiger partial charge on any atom is 0.329 e. The number of carboxylic acid groups (broad SMARTS) is 4. The molecule has 117 heavy (non-hydrogen) atoms. The molecule has 1 unspecified atom stereocenters. The lowest BCUT2D eigenvalue weighted by Crippen LogP contribution is -2.61. The van der Waals surface area contributed by atoms with Gasteiger partial charge >= 0.3 is 29.8 Å². The predicted octanol–water partition coefficient (Wildman–Crippen LogP) is -4.84. The summed E-state index contributed by atoms with van der Waals surface area (Å²) in [5, 5.41) is 79.0. The van der Waals surface area contributed by atoms with Gasteiger partial charge in [-0.2, -0.15) is 0 Å². The molecular weight excluding hydrogens is 1540 g/mol. The van der Waals surface area contributed by atoms with Gasteiger partial charge in [0.25, 0.3) is 0 Å². The molecule has 2 heterocycles. The third kappa shape index (κ3) is 33.7. The number of carbonyl (C=O) groups excluding carboxylic acids is 16. The molecule has 0 saturated carbocycles. The molecule has 25 N–H and O–H groups in total. The maximum absolute atomic E-state index is 14.9. The van der Waals surface area contributed by atoms with Gasteiger partial charge in [0.15, 0.2) is 5.78 Å². The Kier molecular flexibility index (Phi) is 40.6. The van der Waals surface area contributed by atoms with E-state index >= 15 is 0 Å². The summed E-state index contributed by atoms with van der Waals surface area (Å²) in [7, 11) is 0. The van der Waals surface area contributed by atoms with Crippen LogP contribution in [0.25, 0.3) is 10.9 Å². The van der Waals surface area contributed by atoms with Crippen molar-refractivity contribution >= 4 is 135 Å². The van der Waals surface area contributed by atoms with Gasteiger partial charge in [0.05, 0.1) is 45.4 Å². The van der Waals surface area contributed by atoms with Crippen LogP contribution in [0.5, 0.6) is 0 Å². The number of primary amides is 1. The van der Waals surface area contributed by atoms with Gasteiger partial charge in [-0.15, -0.1) is 0 Å².